The summed E-state index contributed by atoms with van der Waals surface area (Å²) in [5, 5.41) is 14.2. The number of aliphatic hydroxyl groups is 1. The molecule has 1 fully saturated rings. The first kappa shape index (κ1) is 23.7. The average Bonchev–Trinajstić information content (AvgIpc) is 2.89. The Bertz CT molecular complexity index is 700. The summed E-state index contributed by atoms with van der Waals surface area (Å²) >= 11 is 0. The lowest BCUT2D eigenvalue weighted by atomic mass is 10.2. The van der Waals surface area contributed by atoms with Gasteiger partial charge in [0, 0.05) is 6.07 Å². The second-order valence-electron chi connectivity index (χ2n) is 10.1. The van der Waals surface area contributed by atoms with Gasteiger partial charge in [0.05, 0.1) is 38.5 Å². The molecule has 0 atom stereocenters. The normalized spacial score (nSPS) is 16.0. The topological polar surface area (TPSA) is 86.0 Å². The summed E-state index contributed by atoms with van der Waals surface area (Å²) in [5.74, 6) is 0.454. The highest BCUT2D eigenvalue weighted by Crippen LogP contribution is 2.36. The van der Waals surface area contributed by atoms with Crippen molar-refractivity contribution < 1.29 is 23.8 Å². The molecule has 1 aliphatic rings. The van der Waals surface area contributed by atoms with Gasteiger partial charge in [-0.25, -0.2) is 4.79 Å². The molecule has 29 heavy (non-hydrogen) atoms. The number of amides is 1. The number of carbonyl (C=O) groups is 1. The first-order chi connectivity index (χ1) is 13.2. The summed E-state index contributed by atoms with van der Waals surface area (Å²) in [6.07, 6.45) is -0.456. The summed E-state index contributed by atoms with van der Waals surface area (Å²) in [4.78, 5) is 13.6. The summed E-state index contributed by atoms with van der Waals surface area (Å²) in [6, 6.07) is 1.74. The van der Waals surface area contributed by atoms with Gasteiger partial charge in [0.2, 0.25) is 5.88 Å². The third kappa shape index (κ3) is 6.45. The third-order valence-corrected chi connectivity index (χ3v) is 9.90. The Morgan fingerprint density at radius 1 is 1.24 bits per heavy atom. The largest absolute Gasteiger partial charge is 0.469 e. The van der Waals surface area contributed by atoms with Crippen LogP contribution in [0, 0.1) is 0 Å². The van der Waals surface area contributed by atoms with Gasteiger partial charge in [0.15, 0.2) is 8.32 Å². The zero-order valence-electron chi connectivity index (χ0n) is 19.1. The predicted octanol–water partition coefficient (Wildman–Crippen LogP) is 3.40. The fourth-order valence-corrected chi connectivity index (χ4v) is 3.60. The average molecular weight is 428 g/mol. The molecule has 1 aromatic heterocycles. The molecule has 166 valence electrons. The Kier molecular flexibility index (Phi) is 7.07. The van der Waals surface area contributed by atoms with Gasteiger partial charge < -0.3 is 23.9 Å². The molecule has 0 bridgehead atoms. The second-order valence-corrected chi connectivity index (χ2v) is 14.9. The Morgan fingerprint density at radius 2 is 1.86 bits per heavy atom. The van der Waals surface area contributed by atoms with Crippen molar-refractivity contribution in [1.29, 1.82) is 0 Å². The zero-order chi connectivity index (χ0) is 22.0. The van der Waals surface area contributed by atoms with E-state index in [1.54, 1.807) is 15.6 Å². The van der Waals surface area contributed by atoms with Crippen molar-refractivity contribution in [3.8, 4) is 5.88 Å². The quantitative estimate of drug-likeness (QED) is 0.671. The number of hydrogen-bond donors (Lipinski definition) is 1. The maximum atomic E-state index is 12.0. The van der Waals surface area contributed by atoms with Gasteiger partial charge in [-0.3, -0.25) is 4.68 Å². The van der Waals surface area contributed by atoms with Crippen LogP contribution < -0.4 is 4.74 Å². The van der Waals surface area contributed by atoms with Crippen LogP contribution in [0.15, 0.2) is 6.07 Å². The lowest BCUT2D eigenvalue weighted by molar-refractivity contribution is -0.0233. The Hall–Kier alpha value is -1.58. The molecular formula is C20H37N3O5Si. The molecule has 0 spiro atoms. The number of aliphatic hydroxyl groups excluding tert-OH is 1. The van der Waals surface area contributed by atoms with Crippen molar-refractivity contribution in [1.82, 2.24) is 14.7 Å². The van der Waals surface area contributed by atoms with Crippen LogP contribution in [0.25, 0.3) is 0 Å². The van der Waals surface area contributed by atoms with Gasteiger partial charge in [0.25, 0.3) is 0 Å². The van der Waals surface area contributed by atoms with Gasteiger partial charge in [-0.05, 0) is 38.9 Å². The first-order valence-electron chi connectivity index (χ1n) is 10.2. The minimum absolute atomic E-state index is 0.120. The van der Waals surface area contributed by atoms with Crippen LogP contribution in [0.4, 0.5) is 4.79 Å². The van der Waals surface area contributed by atoms with Gasteiger partial charge in [-0.2, -0.15) is 0 Å². The molecule has 1 amide bonds. The summed E-state index contributed by atoms with van der Waals surface area (Å²) in [5.41, 5.74) is 0.173. The van der Waals surface area contributed by atoms with Crippen LogP contribution >= 0.6 is 0 Å². The summed E-state index contributed by atoms with van der Waals surface area (Å²) in [6.45, 7) is 18.5. The van der Waals surface area contributed by atoms with E-state index in [0.717, 1.165) is 0 Å². The van der Waals surface area contributed by atoms with Crippen LogP contribution in [0.5, 0.6) is 5.88 Å². The van der Waals surface area contributed by atoms with Crippen LogP contribution in [0.1, 0.15) is 47.2 Å². The lowest BCUT2D eigenvalue weighted by Gasteiger charge is -2.38. The number of aromatic nitrogens is 2. The van der Waals surface area contributed by atoms with E-state index in [2.05, 4.69) is 39.0 Å². The molecule has 0 unspecified atom stereocenters. The molecule has 0 aromatic carbocycles. The van der Waals surface area contributed by atoms with Gasteiger partial charge in [-0.15, -0.1) is 5.10 Å². The predicted molar refractivity (Wildman–Crippen MR) is 114 cm³/mol. The highest BCUT2D eigenvalue weighted by molar-refractivity contribution is 6.74. The Labute approximate surface area is 175 Å². The van der Waals surface area contributed by atoms with Crippen LogP contribution in [0.2, 0.25) is 18.1 Å². The highest BCUT2D eigenvalue weighted by atomic mass is 28.4. The molecular weight excluding hydrogens is 390 g/mol. The molecule has 0 radical (unpaired) electrons. The monoisotopic (exact) mass is 427 g/mol. The van der Waals surface area contributed by atoms with Crippen LogP contribution in [0.3, 0.4) is 0 Å². The van der Waals surface area contributed by atoms with Crippen LogP contribution in [-0.2, 0) is 22.3 Å². The standard InChI is InChI=1S/C20H37N3O5Si/c1-19(2,3)28-18(25)22-12-16(13-22)27-17-11-15(14-24)23(21-17)9-10-26-29(7,8)20(4,5)6/h11,16,24H,9-10,12-14H2,1-8H3. The number of carbonyl (C=O) groups excluding carboxylic acids is 1. The minimum Gasteiger partial charge on any atom is -0.469 e. The van der Waals surface area contributed by atoms with Crippen molar-refractivity contribution in [2.45, 2.75) is 84.5 Å². The maximum absolute atomic E-state index is 12.0. The van der Waals surface area contributed by atoms with Gasteiger partial charge in [-0.1, -0.05) is 20.8 Å². The third-order valence-electron chi connectivity index (χ3n) is 5.36. The number of nitrogens with zero attached hydrogens (tertiary/aromatic N) is 3. The van der Waals surface area contributed by atoms with E-state index in [0.29, 0.717) is 37.8 Å². The van der Waals surface area contributed by atoms with Gasteiger partial charge in [0.1, 0.15) is 11.7 Å². The molecule has 0 aliphatic carbocycles. The van der Waals surface area contributed by atoms with Crippen molar-refractivity contribution in [2.75, 3.05) is 19.7 Å². The molecule has 1 aliphatic heterocycles. The van der Waals surface area contributed by atoms with E-state index in [1.165, 1.54) is 0 Å². The number of ether oxygens (including phenoxy) is 2. The molecule has 1 N–H and O–H groups in total. The molecule has 9 heteroatoms. The van der Waals surface area contributed by atoms with E-state index >= 15 is 0 Å². The van der Waals surface area contributed by atoms with E-state index in [-0.39, 0.29) is 23.8 Å². The SMILES string of the molecule is CC(C)(C)OC(=O)N1CC(Oc2cc(CO)n(CCO[Si](C)(C)C(C)(C)C)n2)C1. The Morgan fingerprint density at radius 3 is 2.38 bits per heavy atom. The number of likely N-dealkylation sites (tertiary alicyclic amines) is 1. The molecule has 2 rings (SSSR count). The summed E-state index contributed by atoms with van der Waals surface area (Å²) < 4.78 is 19.1. The van der Waals surface area contributed by atoms with E-state index in [1.807, 2.05) is 20.8 Å². The zero-order valence-corrected chi connectivity index (χ0v) is 20.1. The lowest BCUT2D eigenvalue weighted by Crippen LogP contribution is -2.57. The smallest absolute Gasteiger partial charge is 0.410 e. The molecule has 8 nitrogen and oxygen atoms in total. The fourth-order valence-electron chi connectivity index (χ4n) is 2.57. The van der Waals surface area contributed by atoms with Crippen LogP contribution in [-0.4, -0.2) is 65.6 Å². The van der Waals surface area contributed by atoms with E-state index in [4.69, 9.17) is 13.9 Å². The van der Waals surface area contributed by atoms with Crippen molar-refractivity contribution in [3.63, 3.8) is 0 Å². The molecule has 1 aromatic rings. The first-order valence-corrected chi connectivity index (χ1v) is 13.1. The van der Waals surface area contributed by atoms with Crippen molar-refractivity contribution in [3.05, 3.63) is 11.8 Å². The molecule has 0 saturated carbocycles. The fraction of sp³-hybridized carbons (Fsp3) is 0.800. The summed E-state index contributed by atoms with van der Waals surface area (Å²) in [7, 11) is -1.82. The minimum atomic E-state index is -1.82. The second kappa shape index (κ2) is 8.65. The number of rotatable bonds is 7. The highest BCUT2D eigenvalue weighted by Gasteiger charge is 2.37. The Balaban J connectivity index is 1.85. The molecule has 2 heterocycles. The van der Waals surface area contributed by atoms with Crippen molar-refractivity contribution in [2.24, 2.45) is 0 Å². The maximum Gasteiger partial charge on any atom is 0.410 e. The van der Waals surface area contributed by atoms with E-state index in [9.17, 15) is 9.90 Å². The molecule has 1 saturated heterocycles. The van der Waals surface area contributed by atoms with Gasteiger partial charge >= 0.3 is 6.09 Å². The van der Waals surface area contributed by atoms with Crippen molar-refractivity contribution >= 4 is 14.4 Å². The van der Waals surface area contributed by atoms with E-state index < -0.39 is 13.9 Å². The number of hydrogen-bond acceptors (Lipinski definition) is 6.